The Labute approximate surface area is 156 Å². The summed E-state index contributed by atoms with van der Waals surface area (Å²) >= 11 is 1.68. The SMILES string of the molecule is CCCc1cc(C(=O)NN=C(C2CCCCC2)C2CCCCC2)cs1. The van der Waals surface area contributed by atoms with Crippen LogP contribution in [0.25, 0.3) is 0 Å². The first-order valence-corrected chi connectivity index (χ1v) is 11.1. The highest BCUT2D eigenvalue weighted by Gasteiger charge is 2.28. The molecule has 2 fully saturated rings. The van der Waals surface area contributed by atoms with Gasteiger partial charge in [0.2, 0.25) is 0 Å². The number of thiophene rings is 1. The van der Waals surface area contributed by atoms with Crippen molar-refractivity contribution in [3.63, 3.8) is 0 Å². The first kappa shape index (κ1) is 18.6. The van der Waals surface area contributed by atoms with Crippen LogP contribution in [0.4, 0.5) is 0 Å². The molecule has 0 radical (unpaired) electrons. The lowest BCUT2D eigenvalue weighted by atomic mass is 9.76. The molecule has 3 nitrogen and oxygen atoms in total. The van der Waals surface area contributed by atoms with Crippen LogP contribution in [0.15, 0.2) is 16.5 Å². The zero-order chi connectivity index (χ0) is 17.5. The van der Waals surface area contributed by atoms with Gasteiger partial charge in [-0.3, -0.25) is 4.79 Å². The van der Waals surface area contributed by atoms with E-state index in [0.717, 1.165) is 18.4 Å². The fourth-order valence-electron chi connectivity index (χ4n) is 4.37. The maximum absolute atomic E-state index is 12.5. The van der Waals surface area contributed by atoms with Crippen LogP contribution < -0.4 is 5.43 Å². The number of amides is 1. The lowest BCUT2D eigenvalue weighted by Gasteiger charge is -2.30. The Morgan fingerprint density at radius 1 is 1.08 bits per heavy atom. The predicted octanol–water partition coefficient (Wildman–Crippen LogP) is 5.95. The summed E-state index contributed by atoms with van der Waals surface area (Å²) < 4.78 is 0. The minimum Gasteiger partial charge on any atom is -0.267 e. The van der Waals surface area contributed by atoms with Crippen LogP contribution in [0.2, 0.25) is 0 Å². The third-order valence-corrected chi connectivity index (χ3v) is 6.74. The van der Waals surface area contributed by atoms with Gasteiger partial charge in [0.1, 0.15) is 0 Å². The second-order valence-electron chi connectivity index (χ2n) is 7.70. The molecule has 0 bridgehead atoms. The molecule has 25 heavy (non-hydrogen) atoms. The number of hydrazone groups is 1. The normalized spacial score (nSPS) is 19.6. The third-order valence-electron chi connectivity index (χ3n) is 5.75. The van der Waals surface area contributed by atoms with Crippen LogP contribution >= 0.6 is 11.3 Å². The fraction of sp³-hybridized carbons (Fsp3) is 0.714. The summed E-state index contributed by atoms with van der Waals surface area (Å²) in [6, 6.07) is 2.03. The molecule has 138 valence electrons. The van der Waals surface area contributed by atoms with E-state index in [-0.39, 0.29) is 5.91 Å². The van der Waals surface area contributed by atoms with E-state index in [9.17, 15) is 4.79 Å². The summed E-state index contributed by atoms with van der Waals surface area (Å²) in [5.74, 6) is 1.15. The van der Waals surface area contributed by atoms with Gasteiger partial charge in [0, 0.05) is 16.0 Å². The minimum atomic E-state index is -0.0391. The summed E-state index contributed by atoms with van der Waals surface area (Å²) in [5.41, 5.74) is 4.97. The molecule has 4 heteroatoms. The van der Waals surface area contributed by atoms with E-state index in [1.54, 1.807) is 11.3 Å². The smallest absolute Gasteiger partial charge is 0.267 e. The lowest BCUT2D eigenvalue weighted by molar-refractivity contribution is 0.0954. The molecule has 2 aliphatic rings. The lowest BCUT2D eigenvalue weighted by Crippen LogP contribution is -2.31. The molecule has 0 aromatic carbocycles. The summed E-state index contributed by atoms with van der Waals surface area (Å²) in [6.45, 7) is 2.17. The van der Waals surface area contributed by atoms with Gasteiger partial charge >= 0.3 is 0 Å². The van der Waals surface area contributed by atoms with E-state index in [4.69, 9.17) is 5.10 Å². The molecule has 3 rings (SSSR count). The Hall–Kier alpha value is -1.16. The van der Waals surface area contributed by atoms with Crippen LogP contribution in [-0.2, 0) is 6.42 Å². The summed E-state index contributed by atoms with van der Waals surface area (Å²) in [7, 11) is 0. The van der Waals surface area contributed by atoms with Crippen LogP contribution in [-0.4, -0.2) is 11.6 Å². The van der Waals surface area contributed by atoms with Crippen molar-refractivity contribution < 1.29 is 4.79 Å². The number of rotatable bonds is 6. The molecule has 2 aliphatic carbocycles. The Morgan fingerprint density at radius 2 is 1.68 bits per heavy atom. The number of carbonyl (C=O) groups excluding carboxylic acids is 1. The average Bonchev–Trinajstić information content (AvgIpc) is 3.13. The molecule has 0 aliphatic heterocycles. The summed E-state index contributed by atoms with van der Waals surface area (Å²) in [4.78, 5) is 13.8. The molecule has 1 aromatic heterocycles. The molecule has 1 N–H and O–H groups in total. The molecule has 0 atom stereocenters. The zero-order valence-corrected chi connectivity index (χ0v) is 16.4. The van der Waals surface area contributed by atoms with E-state index in [0.29, 0.717) is 11.8 Å². The first-order valence-electron chi connectivity index (χ1n) is 10.2. The van der Waals surface area contributed by atoms with Crippen molar-refractivity contribution >= 4 is 23.0 Å². The fourth-order valence-corrected chi connectivity index (χ4v) is 5.34. The molecule has 0 spiro atoms. The molecule has 0 unspecified atom stereocenters. The third kappa shape index (κ3) is 5.16. The number of nitrogens with one attached hydrogen (secondary N) is 1. The monoisotopic (exact) mass is 360 g/mol. The van der Waals surface area contributed by atoms with Gasteiger partial charge in [-0.2, -0.15) is 5.10 Å². The highest BCUT2D eigenvalue weighted by atomic mass is 32.1. The van der Waals surface area contributed by atoms with Crippen molar-refractivity contribution in [1.82, 2.24) is 5.43 Å². The second-order valence-corrected chi connectivity index (χ2v) is 8.69. The largest absolute Gasteiger partial charge is 0.272 e. The van der Waals surface area contributed by atoms with Gasteiger partial charge in [-0.15, -0.1) is 11.3 Å². The van der Waals surface area contributed by atoms with Gasteiger partial charge in [0.25, 0.3) is 5.91 Å². The number of hydrogen-bond acceptors (Lipinski definition) is 3. The van der Waals surface area contributed by atoms with Crippen LogP contribution in [0, 0.1) is 11.8 Å². The second kappa shape index (κ2) is 9.51. The van der Waals surface area contributed by atoms with Crippen LogP contribution in [0.5, 0.6) is 0 Å². The van der Waals surface area contributed by atoms with Crippen molar-refractivity contribution in [3.8, 4) is 0 Å². The van der Waals surface area contributed by atoms with Gasteiger partial charge in [-0.1, -0.05) is 51.9 Å². The number of aryl methyl sites for hydroxylation is 1. The highest BCUT2D eigenvalue weighted by molar-refractivity contribution is 7.10. The molecule has 2 saturated carbocycles. The maximum atomic E-state index is 12.5. The van der Waals surface area contributed by atoms with Gasteiger partial charge in [-0.05, 0) is 50.0 Å². The van der Waals surface area contributed by atoms with Crippen molar-refractivity contribution in [1.29, 1.82) is 0 Å². The van der Waals surface area contributed by atoms with E-state index < -0.39 is 0 Å². The Balaban J connectivity index is 1.68. The quantitative estimate of drug-likeness (QED) is 0.494. The topological polar surface area (TPSA) is 41.5 Å². The van der Waals surface area contributed by atoms with Gasteiger partial charge in [0.05, 0.1) is 5.56 Å². The maximum Gasteiger partial charge on any atom is 0.272 e. The van der Waals surface area contributed by atoms with E-state index in [1.807, 2.05) is 11.4 Å². The molecular formula is C21H32N2OS. The van der Waals surface area contributed by atoms with Crippen LogP contribution in [0.3, 0.4) is 0 Å². The summed E-state index contributed by atoms with van der Waals surface area (Å²) in [6.07, 6.45) is 15.2. The average molecular weight is 361 g/mol. The molecule has 1 aromatic rings. The number of hydrogen-bond donors (Lipinski definition) is 1. The van der Waals surface area contributed by atoms with E-state index in [2.05, 4.69) is 12.3 Å². The zero-order valence-electron chi connectivity index (χ0n) is 15.6. The first-order chi connectivity index (χ1) is 12.3. The molecule has 1 amide bonds. The van der Waals surface area contributed by atoms with Crippen molar-refractivity contribution in [2.45, 2.75) is 84.0 Å². The molecule has 1 heterocycles. The number of carbonyl (C=O) groups is 1. The van der Waals surface area contributed by atoms with E-state index >= 15 is 0 Å². The van der Waals surface area contributed by atoms with Crippen molar-refractivity contribution in [2.24, 2.45) is 16.9 Å². The minimum absolute atomic E-state index is 0.0391. The Morgan fingerprint density at radius 3 is 2.24 bits per heavy atom. The van der Waals surface area contributed by atoms with E-state index in [1.165, 1.54) is 74.8 Å². The molecular weight excluding hydrogens is 328 g/mol. The van der Waals surface area contributed by atoms with Gasteiger partial charge in [-0.25, -0.2) is 5.43 Å². The van der Waals surface area contributed by atoms with Crippen molar-refractivity contribution in [2.75, 3.05) is 0 Å². The van der Waals surface area contributed by atoms with Gasteiger partial charge < -0.3 is 0 Å². The number of nitrogens with zero attached hydrogens (tertiary/aromatic N) is 1. The molecule has 0 saturated heterocycles. The Kier molecular flexibility index (Phi) is 7.09. The van der Waals surface area contributed by atoms with Crippen molar-refractivity contribution in [3.05, 3.63) is 21.9 Å². The Bertz CT molecular complexity index is 560. The van der Waals surface area contributed by atoms with Gasteiger partial charge in [0.15, 0.2) is 0 Å². The predicted molar refractivity (Wildman–Crippen MR) is 106 cm³/mol. The standard InChI is InChI=1S/C21H32N2OS/c1-2-9-19-14-18(15-25-19)21(24)23-22-20(16-10-5-3-6-11-16)17-12-7-4-8-13-17/h14-17H,2-13H2,1H3,(H,23,24). The summed E-state index contributed by atoms with van der Waals surface area (Å²) in [5, 5.41) is 6.69. The highest BCUT2D eigenvalue weighted by Crippen LogP contribution is 2.33. The van der Waals surface area contributed by atoms with Crippen LogP contribution in [0.1, 0.15) is 92.8 Å².